The number of nitrogens with zero attached hydrogens (tertiary/aromatic N) is 1. The molecule has 2 nitrogen and oxygen atoms in total. The lowest BCUT2D eigenvalue weighted by Gasteiger charge is -2.14. The molecule has 0 aliphatic carbocycles. The van der Waals surface area contributed by atoms with Crippen LogP contribution < -0.4 is 0 Å². The molecule has 0 bridgehead atoms. The summed E-state index contributed by atoms with van der Waals surface area (Å²) in [5, 5.41) is 12.9. The third-order valence-corrected chi connectivity index (χ3v) is 3.72. The lowest BCUT2D eigenvalue weighted by Crippen LogP contribution is -2.04. The molecule has 2 heteroatoms. The minimum absolute atomic E-state index is 0.496. The Morgan fingerprint density at radius 1 is 1.05 bits per heavy atom. The van der Waals surface area contributed by atoms with E-state index in [0.717, 1.165) is 11.1 Å². The third kappa shape index (κ3) is 2.43. The smallest absolute Gasteiger partial charge is 0.0834 e. The number of hydrogen-bond donors (Lipinski definition) is 1. The fraction of sp³-hybridized carbons (Fsp3) is 0.167. The van der Waals surface area contributed by atoms with Crippen LogP contribution in [0.2, 0.25) is 0 Å². The predicted molar refractivity (Wildman–Crippen MR) is 81.6 cm³/mol. The van der Waals surface area contributed by atoms with E-state index in [1.54, 1.807) is 12.4 Å². The van der Waals surface area contributed by atoms with Crippen molar-refractivity contribution in [2.24, 2.45) is 0 Å². The maximum absolute atomic E-state index is 10.5. The molecule has 1 N–H and O–H groups in total. The van der Waals surface area contributed by atoms with Crippen LogP contribution in [-0.4, -0.2) is 10.1 Å². The molecule has 1 atom stereocenters. The molecule has 0 spiro atoms. The first-order valence-corrected chi connectivity index (χ1v) is 6.81. The molecule has 1 heterocycles. The summed E-state index contributed by atoms with van der Waals surface area (Å²) in [4.78, 5) is 4.07. The first-order valence-electron chi connectivity index (χ1n) is 6.81. The van der Waals surface area contributed by atoms with Crippen LogP contribution in [0, 0.1) is 6.92 Å². The Morgan fingerprint density at radius 2 is 1.85 bits per heavy atom. The Hall–Kier alpha value is -2.19. The van der Waals surface area contributed by atoms with Crippen LogP contribution in [0.5, 0.6) is 0 Å². The van der Waals surface area contributed by atoms with E-state index in [1.165, 1.54) is 16.3 Å². The largest absolute Gasteiger partial charge is 0.388 e. The molecule has 0 saturated carbocycles. The molecule has 1 aromatic heterocycles. The predicted octanol–water partition coefficient (Wildman–Crippen LogP) is 3.82. The minimum Gasteiger partial charge on any atom is -0.388 e. The maximum atomic E-state index is 10.5. The van der Waals surface area contributed by atoms with Crippen molar-refractivity contribution >= 4 is 10.8 Å². The molecule has 0 fully saturated rings. The van der Waals surface area contributed by atoms with E-state index in [-0.39, 0.29) is 0 Å². The lowest BCUT2D eigenvalue weighted by molar-refractivity contribution is 0.178. The number of hydrogen-bond acceptors (Lipinski definition) is 2. The van der Waals surface area contributed by atoms with Gasteiger partial charge in [0, 0.05) is 18.8 Å². The molecule has 20 heavy (non-hydrogen) atoms. The number of benzene rings is 2. The van der Waals surface area contributed by atoms with Gasteiger partial charge in [0.05, 0.1) is 6.10 Å². The second-order valence-electron chi connectivity index (χ2n) is 5.09. The highest BCUT2D eigenvalue weighted by Gasteiger charge is 2.12. The number of fused-ring (bicyclic) bond motifs is 1. The summed E-state index contributed by atoms with van der Waals surface area (Å²) in [6.45, 7) is 1.98. The SMILES string of the molecule is Cc1cnccc1C(O)Cc1cccc2ccccc12. The van der Waals surface area contributed by atoms with Crippen molar-refractivity contribution in [3.8, 4) is 0 Å². The molecule has 3 rings (SSSR count). The van der Waals surface area contributed by atoms with Crippen LogP contribution in [0.4, 0.5) is 0 Å². The van der Waals surface area contributed by atoms with Gasteiger partial charge in [0.15, 0.2) is 0 Å². The second kappa shape index (κ2) is 5.43. The van der Waals surface area contributed by atoms with Gasteiger partial charge in [0.25, 0.3) is 0 Å². The van der Waals surface area contributed by atoms with E-state index < -0.39 is 6.10 Å². The van der Waals surface area contributed by atoms with Gasteiger partial charge in [0.1, 0.15) is 0 Å². The minimum atomic E-state index is -0.496. The summed E-state index contributed by atoms with van der Waals surface area (Å²) >= 11 is 0. The van der Waals surface area contributed by atoms with Crippen molar-refractivity contribution in [3.05, 3.63) is 77.6 Å². The van der Waals surface area contributed by atoms with Gasteiger partial charge in [-0.1, -0.05) is 42.5 Å². The van der Waals surface area contributed by atoms with Crippen molar-refractivity contribution in [2.75, 3.05) is 0 Å². The molecule has 100 valence electrons. The summed E-state index contributed by atoms with van der Waals surface area (Å²) in [5.74, 6) is 0. The van der Waals surface area contributed by atoms with Gasteiger partial charge >= 0.3 is 0 Å². The van der Waals surface area contributed by atoms with Gasteiger partial charge in [-0.2, -0.15) is 0 Å². The number of rotatable bonds is 3. The zero-order chi connectivity index (χ0) is 13.9. The molecule has 0 aliphatic heterocycles. The Bertz CT molecular complexity index is 731. The van der Waals surface area contributed by atoms with Crippen molar-refractivity contribution in [1.82, 2.24) is 4.98 Å². The van der Waals surface area contributed by atoms with E-state index in [2.05, 4.69) is 29.2 Å². The lowest BCUT2D eigenvalue weighted by atomic mass is 9.95. The number of aliphatic hydroxyl groups is 1. The molecule has 2 aromatic carbocycles. The van der Waals surface area contributed by atoms with Gasteiger partial charge in [-0.25, -0.2) is 0 Å². The van der Waals surface area contributed by atoms with E-state index in [9.17, 15) is 5.11 Å². The van der Waals surface area contributed by atoms with Gasteiger partial charge in [-0.05, 0) is 40.5 Å². The average Bonchev–Trinajstić information content (AvgIpc) is 2.48. The highest BCUT2D eigenvalue weighted by atomic mass is 16.3. The summed E-state index contributed by atoms with van der Waals surface area (Å²) in [7, 11) is 0. The van der Waals surface area contributed by atoms with Gasteiger partial charge in [-0.3, -0.25) is 4.98 Å². The van der Waals surface area contributed by atoms with E-state index in [0.29, 0.717) is 6.42 Å². The molecule has 3 aromatic rings. The topological polar surface area (TPSA) is 33.1 Å². The van der Waals surface area contributed by atoms with E-state index in [4.69, 9.17) is 0 Å². The Kier molecular flexibility index (Phi) is 3.48. The molecular formula is C18H17NO. The van der Waals surface area contributed by atoms with Crippen molar-refractivity contribution in [2.45, 2.75) is 19.4 Å². The molecule has 0 saturated heterocycles. The average molecular weight is 263 g/mol. The summed E-state index contributed by atoms with van der Waals surface area (Å²) in [5.41, 5.74) is 3.15. The summed E-state index contributed by atoms with van der Waals surface area (Å²) < 4.78 is 0. The zero-order valence-electron chi connectivity index (χ0n) is 11.5. The summed E-state index contributed by atoms with van der Waals surface area (Å²) in [6, 6.07) is 16.4. The standard InChI is InChI=1S/C18H17NO/c1-13-12-19-10-9-16(13)18(20)11-15-7-4-6-14-5-2-3-8-17(14)15/h2-10,12,18,20H,11H2,1H3. The second-order valence-corrected chi connectivity index (χ2v) is 5.09. The monoisotopic (exact) mass is 263 g/mol. The Morgan fingerprint density at radius 3 is 2.70 bits per heavy atom. The highest BCUT2D eigenvalue weighted by Crippen LogP contribution is 2.25. The van der Waals surface area contributed by atoms with E-state index in [1.807, 2.05) is 31.2 Å². The van der Waals surface area contributed by atoms with Crippen LogP contribution in [0.25, 0.3) is 10.8 Å². The molecular weight excluding hydrogens is 246 g/mol. The van der Waals surface area contributed by atoms with Crippen LogP contribution in [0.3, 0.4) is 0 Å². The van der Waals surface area contributed by atoms with Crippen LogP contribution in [0.1, 0.15) is 22.8 Å². The number of pyridine rings is 1. The van der Waals surface area contributed by atoms with Crippen molar-refractivity contribution < 1.29 is 5.11 Å². The molecule has 0 amide bonds. The number of aromatic nitrogens is 1. The van der Waals surface area contributed by atoms with Crippen LogP contribution >= 0.6 is 0 Å². The van der Waals surface area contributed by atoms with E-state index >= 15 is 0 Å². The number of aliphatic hydroxyl groups excluding tert-OH is 1. The normalized spacial score (nSPS) is 12.5. The van der Waals surface area contributed by atoms with Gasteiger partial charge in [-0.15, -0.1) is 0 Å². The third-order valence-electron chi connectivity index (χ3n) is 3.72. The first-order chi connectivity index (χ1) is 9.75. The Balaban J connectivity index is 1.96. The van der Waals surface area contributed by atoms with Gasteiger partial charge in [0.2, 0.25) is 0 Å². The Labute approximate surface area is 118 Å². The molecule has 0 aliphatic rings. The van der Waals surface area contributed by atoms with Crippen LogP contribution in [-0.2, 0) is 6.42 Å². The zero-order valence-corrected chi connectivity index (χ0v) is 11.5. The van der Waals surface area contributed by atoms with Crippen molar-refractivity contribution in [3.63, 3.8) is 0 Å². The van der Waals surface area contributed by atoms with Crippen molar-refractivity contribution in [1.29, 1.82) is 0 Å². The quantitative estimate of drug-likeness (QED) is 0.779. The number of aryl methyl sites for hydroxylation is 1. The summed E-state index contributed by atoms with van der Waals surface area (Å²) in [6.07, 6.45) is 3.64. The molecule has 0 radical (unpaired) electrons. The maximum Gasteiger partial charge on any atom is 0.0834 e. The highest BCUT2D eigenvalue weighted by molar-refractivity contribution is 5.85. The fourth-order valence-electron chi connectivity index (χ4n) is 2.65. The fourth-order valence-corrected chi connectivity index (χ4v) is 2.65. The van der Waals surface area contributed by atoms with Gasteiger partial charge < -0.3 is 5.11 Å². The first kappa shape index (κ1) is 12.8. The van der Waals surface area contributed by atoms with Crippen LogP contribution in [0.15, 0.2) is 60.9 Å². The molecule has 1 unspecified atom stereocenters.